The third-order valence-electron chi connectivity index (χ3n) is 3.12. The maximum atomic E-state index is 8.93. The molecule has 1 aromatic rings. The zero-order valence-corrected chi connectivity index (χ0v) is 11.1. The largest absolute Gasteiger partial charge is 0.855 e. The van der Waals surface area contributed by atoms with Crippen molar-refractivity contribution < 1.29 is 5.11 Å². The van der Waals surface area contributed by atoms with E-state index in [-0.39, 0.29) is 6.61 Å². The van der Waals surface area contributed by atoms with Crippen LogP contribution < -0.4 is 9.59 Å². The summed E-state index contributed by atoms with van der Waals surface area (Å²) in [7, 11) is 0. The molecule has 0 fully saturated rings. The molecule has 0 unspecified atom stereocenters. The first kappa shape index (κ1) is 15.1. The predicted molar refractivity (Wildman–Crippen MR) is 70.4 cm³/mol. The summed E-state index contributed by atoms with van der Waals surface area (Å²) in [4.78, 5) is 0. The highest BCUT2D eigenvalue weighted by atomic mass is 16.2. The quantitative estimate of drug-likeness (QED) is 0.719. The molecule has 0 aliphatic heterocycles. The van der Waals surface area contributed by atoms with Gasteiger partial charge in [0, 0.05) is 0 Å². The lowest BCUT2D eigenvalue weighted by Gasteiger charge is -2.35. The molecule has 0 aromatic heterocycles. The fourth-order valence-corrected chi connectivity index (χ4v) is 1.96. The SMILES string of the molecule is CC[N+](CC)(CC)c1ccccc1.CC[O-]. The van der Waals surface area contributed by atoms with Crippen LogP contribution in [0.1, 0.15) is 27.7 Å². The Hall–Kier alpha value is -0.860. The molecule has 0 heterocycles. The van der Waals surface area contributed by atoms with Gasteiger partial charge in [-0.3, -0.25) is 4.48 Å². The summed E-state index contributed by atoms with van der Waals surface area (Å²) < 4.78 is 1.10. The van der Waals surface area contributed by atoms with E-state index >= 15 is 0 Å². The number of rotatable bonds is 4. The lowest BCUT2D eigenvalue weighted by atomic mass is 10.2. The Labute approximate surface area is 100 Å². The second kappa shape index (κ2) is 8.31. The van der Waals surface area contributed by atoms with Crippen molar-refractivity contribution in [3.05, 3.63) is 30.3 Å². The van der Waals surface area contributed by atoms with Crippen molar-refractivity contribution in [3.8, 4) is 0 Å². The molecular weight excluding hydrogens is 198 g/mol. The summed E-state index contributed by atoms with van der Waals surface area (Å²) in [5.74, 6) is 0. The van der Waals surface area contributed by atoms with Crippen LogP contribution in [-0.4, -0.2) is 26.2 Å². The number of nitrogens with zero attached hydrogens (tertiary/aromatic N) is 1. The Kier molecular flexibility index (Phi) is 7.86. The minimum absolute atomic E-state index is 0. The van der Waals surface area contributed by atoms with E-state index in [0.717, 1.165) is 4.48 Å². The van der Waals surface area contributed by atoms with Gasteiger partial charge in [0.05, 0.1) is 19.6 Å². The maximum Gasteiger partial charge on any atom is 0.132 e. The summed E-state index contributed by atoms with van der Waals surface area (Å²) in [6.07, 6.45) is 0. The molecule has 0 bridgehead atoms. The average molecular weight is 223 g/mol. The van der Waals surface area contributed by atoms with Gasteiger partial charge in [-0.15, -0.1) is 6.61 Å². The predicted octanol–water partition coefficient (Wildman–Crippen LogP) is 2.42. The van der Waals surface area contributed by atoms with Crippen LogP contribution in [0.3, 0.4) is 0 Å². The number of quaternary nitrogens is 1. The van der Waals surface area contributed by atoms with Gasteiger partial charge in [-0.2, -0.15) is 0 Å². The van der Waals surface area contributed by atoms with Crippen LogP contribution in [0.15, 0.2) is 30.3 Å². The number of hydrogen-bond acceptors (Lipinski definition) is 1. The zero-order valence-electron chi connectivity index (χ0n) is 11.1. The number of benzene rings is 1. The summed E-state index contributed by atoms with van der Waals surface area (Å²) in [6, 6.07) is 10.8. The van der Waals surface area contributed by atoms with Crippen LogP contribution in [0.5, 0.6) is 0 Å². The van der Waals surface area contributed by atoms with E-state index < -0.39 is 0 Å². The van der Waals surface area contributed by atoms with E-state index in [2.05, 4.69) is 51.1 Å². The van der Waals surface area contributed by atoms with E-state index in [4.69, 9.17) is 5.11 Å². The van der Waals surface area contributed by atoms with Gasteiger partial charge in [0.15, 0.2) is 0 Å². The molecule has 16 heavy (non-hydrogen) atoms. The average Bonchev–Trinajstić information content (AvgIpc) is 2.34. The van der Waals surface area contributed by atoms with Crippen LogP contribution in [0.4, 0.5) is 5.69 Å². The molecule has 0 saturated carbocycles. The molecule has 0 amide bonds. The van der Waals surface area contributed by atoms with Gasteiger partial charge in [-0.25, -0.2) is 0 Å². The fourth-order valence-electron chi connectivity index (χ4n) is 1.96. The van der Waals surface area contributed by atoms with Crippen molar-refractivity contribution in [3.63, 3.8) is 0 Å². The van der Waals surface area contributed by atoms with Crippen LogP contribution in [0.25, 0.3) is 0 Å². The molecule has 2 nitrogen and oxygen atoms in total. The van der Waals surface area contributed by atoms with Gasteiger partial charge in [0.1, 0.15) is 5.69 Å². The molecular formula is C14H25NO. The van der Waals surface area contributed by atoms with Gasteiger partial charge >= 0.3 is 0 Å². The third-order valence-corrected chi connectivity index (χ3v) is 3.12. The minimum atomic E-state index is 0. The Balaban J connectivity index is 0.000000673. The van der Waals surface area contributed by atoms with Crippen molar-refractivity contribution in [2.24, 2.45) is 0 Å². The van der Waals surface area contributed by atoms with E-state index in [1.807, 2.05) is 0 Å². The lowest BCUT2D eigenvalue weighted by Crippen LogP contribution is -2.48. The second-order valence-corrected chi connectivity index (χ2v) is 3.72. The van der Waals surface area contributed by atoms with E-state index in [1.54, 1.807) is 6.92 Å². The van der Waals surface area contributed by atoms with Crippen molar-refractivity contribution in [1.82, 2.24) is 4.48 Å². The zero-order chi connectivity index (χ0) is 12.4. The molecule has 0 saturated heterocycles. The normalized spacial score (nSPS) is 10.6. The smallest absolute Gasteiger partial charge is 0.132 e. The summed E-state index contributed by atoms with van der Waals surface area (Å²) in [5.41, 5.74) is 1.44. The minimum Gasteiger partial charge on any atom is -0.855 e. The van der Waals surface area contributed by atoms with Gasteiger partial charge in [-0.1, -0.05) is 25.1 Å². The molecule has 0 atom stereocenters. The van der Waals surface area contributed by atoms with Crippen LogP contribution >= 0.6 is 0 Å². The van der Waals surface area contributed by atoms with Crippen molar-refractivity contribution >= 4 is 5.69 Å². The Bertz CT molecular complexity index is 246. The van der Waals surface area contributed by atoms with Gasteiger partial charge in [0.25, 0.3) is 0 Å². The van der Waals surface area contributed by atoms with Crippen molar-refractivity contribution in [1.29, 1.82) is 0 Å². The molecule has 1 rings (SSSR count). The number of hydrogen-bond donors (Lipinski definition) is 0. The highest BCUT2D eigenvalue weighted by Gasteiger charge is 2.23. The highest BCUT2D eigenvalue weighted by molar-refractivity contribution is 5.42. The Morgan fingerprint density at radius 3 is 1.56 bits per heavy atom. The van der Waals surface area contributed by atoms with E-state index in [1.165, 1.54) is 25.3 Å². The lowest BCUT2D eigenvalue weighted by molar-refractivity contribution is -0.361. The van der Waals surface area contributed by atoms with Gasteiger partial charge in [0.2, 0.25) is 0 Å². The van der Waals surface area contributed by atoms with E-state index in [9.17, 15) is 0 Å². The molecule has 0 spiro atoms. The molecule has 1 aromatic carbocycles. The Morgan fingerprint density at radius 2 is 1.25 bits per heavy atom. The van der Waals surface area contributed by atoms with Crippen molar-refractivity contribution in [2.45, 2.75) is 27.7 Å². The molecule has 92 valence electrons. The van der Waals surface area contributed by atoms with Crippen molar-refractivity contribution in [2.75, 3.05) is 26.2 Å². The summed E-state index contributed by atoms with van der Waals surface area (Å²) in [6.45, 7) is 11.9. The molecule has 0 aliphatic carbocycles. The second-order valence-electron chi connectivity index (χ2n) is 3.72. The molecule has 0 aliphatic rings. The molecule has 0 N–H and O–H groups in total. The molecule has 2 heteroatoms. The van der Waals surface area contributed by atoms with Crippen LogP contribution in [-0.2, 0) is 0 Å². The van der Waals surface area contributed by atoms with Gasteiger partial charge < -0.3 is 5.11 Å². The van der Waals surface area contributed by atoms with Gasteiger partial charge in [-0.05, 0) is 32.9 Å². The van der Waals surface area contributed by atoms with Crippen LogP contribution in [0, 0.1) is 0 Å². The summed E-state index contributed by atoms with van der Waals surface area (Å²) >= 11 is 0. The standard InChI is InChI=1S/C12H20N.C2H5O/c1-4-13(5-2,6-3)12-10-8-7-9-11-12;1-2-3/h7-11H,4-6H2,1-3H3;2H2,1H3/q+1;-1. The summed E-state index contributed by atoms with van der Waals surface area (Å²) in [5, 5.41) is 8.93. The molecule has 0 radical (unpaired) electrons. The highest BCUT2D eigenvalue weighted by Crippen LogP contribution is 2.21. The fraction of sp³-hybridized carbons (Fsp3) is 0.571. The third kappa shape index (κ3) is 3.95. The first-order valence-electron chi connectivity index (χ1n) is 6.20. The topological polar surface area (TPSA) is 23.1 Å². The van der Waals surface area contributed by atoms with E-state index in [0.29, 0.717) is 0 Å². The van der Waals surface area contributed by atoms with Crippen LogP contribution in [0.2, 0.25) is 0 Å². The Morgan fingerprint density at radius 1 is 0.875 bits per heavy atom. The number of para-hydroxylation sites is 1. The first-order chi connectivity index (χ1) is 7.70. The maximum absolute atomic E-state index is 8.93. The monoisotopic (exact) mass is 223 g/mol. The first-order valence-corrected chi connectivity index (χ1v) is 6.20.